The monoisotopic (exact) mass is 996 g/mol. The maximum atomic E-state index is 2.83. The Kier molecular flexibility index (Phi) is 9.58. The molecule has 0 fully saturated rings. The predicted molar refractivity (Wildman–Crippen MR) is 324 cm³/mol. The highest BCUT2D eigenvalue weighted by Gasteiger charge is 2.52. The van der Waals surface area contributed by atoms with E-state index in [4.69, 9.17) is 0 Å². The van der Waals surface area contributed by atoms with Crippen molar-refractivity contribution in [2.45, 2.75) is 123 Å². The van der Waals surface area contributed by atoms with Gasteiger partial charge in [0.25, 0.3) is 0 Å². The second kappa shape index (κ2) is 15.4. The molecule has 366 valence electrons. The minimum absolute atomic E-state index is 0.0117. The summed E-state index contributed by atoms with van der Waals surface area (Å²) in [6, 6.07) is 59.6. The molecule has 2 aliphatic heterocycles. The van der Waals surface area contributed by atoms with Crippen molar-refractivity contribution in [2.75, 3.05) is 9.71 Å². The van der Waals surface area contributed by atoms with E-state index in [0.717, 1.165) is 0 Å². The molecule has 0 radical (unpaired) electrons. The van der Waals surface area contributed by atoms with Gasteiger partial charge in [-0.25, -0.2) is 0 Å². The molecule has 0 saturated heterocycles. The first-order valence-electron chi connectivity index (χ1n) is 27.0. The van der Waals surface area contributed by atoms with Gasteiger partial charge in [0.05, 0.1) is 11.4 Å². The summed E-state index contributed by atoms with van der Waals surface area (Å²) < 4.78 is 5.40. The molecule has 5 heteroatoms. The molecule has 8 aromatic carbocycles. The Labute approximate surface area is 446 Å². The topological polar surface area (TPSA) is 6.48 Å². The van der Waals surface area contributed by atoms with E-state index in [9.17, 15) is 0 Å². The minimum atomic E-state index is -0.206. The molecule has 0 spiro atoms. The summed E-state index contributed by atoms with van der Waals surface area (Å²) in [5, 5.41) is 3.94. The van der Waals surface area contributed by atoms with Crippen LogP contribution in [0.25, 0.3) is 63.6 Å². The average Bonchev–Trinajstić information content (AvgIpc) is 4.08. The van der Waals surface area contributed by atoms with Gasteiger partial charge in [-0.3, -0.25) is 0 Å². The molecular formula is C69H65BN2S2. The van der Waals surface area contributed by atoms with Gasteiger partial charge in [0.2, 0.25) is 0 Å². The Morgan fingerprint density at radius 3 is 1.78 bits per heavy atom. The summed E-state index contributed by atoms with van der Waals surface area (Å²) in [5.74, 6) is 0. The molecule has 4 aliphatic rings. The zero-order chi connectivity index (χ0) is 51.2. The lowest BCUT2D eigenvalue weighted by Gasteiger charge is -2.46. The molecule has 0 saturated carbocycles. The molecule has 2 aromatic heterocycles. The van der Waals surface area contributed by atoms with Crippen molar-refractivity contribution >= 4 is 98.5 Å². The third kappa shape index (κ3) is 6.41. The summed E-state index contributed by atoms with van der Waals surface area (Å²) in [5.41, 5.74) is 24.3. The van der Waals surface area contributed by atoms with Crippen molar-refractivity contribution in [3.8, 4) is 33.4 Å². The molecule has 0 bridgehead atoms. The van der Waals surface area contributed by atoms with Crippen molar-refractivity contribution in [1.82, 2.24) is 0 Å². The number of nitrogens with zero attached hydrogens (tertiary/aromatic N) is 2. The van der Waals surface area contributed by atoms with Crippen LogP contribution in [0.15, 0.2) is 152 Å². The summed E-state index contributed by atoms with van der Waals surface area (Å²) in [6.07, 6.45) is 2.38. The third-order valence-electron chi connectivity index (χ3n) is 18.0. The molecule has 14 rings (SSSR count). The van der Waals surface area contributed by atoms with E-state index in [0.29, 0.717) is 0 Å². The summed E-state index contributed by atoms with van der Waals surface area (Å²) in [4.78, 5) is 5.54. The van der Waals surface area contributed by atoms with Crippen molar-refractivity contribution in [3.05, 3.63) is 185 Å². The summed E-state index contributed by atoms with van der Waals surface area (Å²) >= 11 is 3.97. The van der Waals surface area contributed by atoms with Crippen LogP contribution in [-0.2, 0) is 27.1 Å². The van der Waals surface area contributed by atoms with Gasteiger partial charge < -0.3 is 9.71 Å². The number of thiophene rings is 2. The van der Waals surface area contributed by atoms with Crippen molar-refractivity contribution in [1.29, 1.82) is 0 Å². The van der Waals surface area contributed by atoms with Gasteiger partial charge in [-0.15, -0.1) is 22.7 Å². The van der Waals surface area contributed by atoms with E-state index in [1.165, 1.54) is 149 Å². The van der Waals surface area contributed by atoms with Gasteiger partial charge in [0.1, 0.15) is 0 Å². The highest BCUT2D eigenvalue weighted by Crippen LogP contribution is 2.62. The second-order valence-electron chi connectivity index (χ2n) is 25.9. The summed E-state index contributed by atoms with van der Waals surface area (Å²) in [7, 11) is 0. The fraction of sp³-hybridized carbons (Fsp3) is 0.275. The lowest BCUT2D eigenvalue weighted by molar-refractivity contribution is 0.331. The molecule has 0 atom stereocenters. The van der Waals surface area contributed by atoms with Gasteiger partial charge in [-0.2, -0.15) is 0 Å². The van der Waals surface area contributed by atoms with Crippen LogP contribution >= 0.6 is 22.7 Å². The predicted octanol–water partition coefficient (Wildman–Crippen LogP) is 18.9. The Balaban J connectivity index is 1.17. The zero-order valence-corrected chi connectivity index (χ0v) is 46.8. The quantitative estimate of drug-likeness (QED) is 0.163. The van der Waals surface area contributed by atoms with Crippen LogP contribution in [0.1, 0.15) is 129 Å². The number of hydrogen-bond acceptors (Lipinski definition) is 4. The summed E-state index contributed by atoms with van der Waals surface area (Å²) in [6.45, 7) is 28.8. The van der Waals surface area contributed by atoms with Crippen LogP contribution in [0.2, 0.25) is 0 Å². The molecule has 4 heterocycles. The van der Waals surface area contributed by atoms with Crippen molar-refractivity contribution in [2.24, 2.45) is 0 Å². The van der Waals surface area contributed by atoms with Crippen LogP contribution in [0.4, 0.5) is 28.4 Å². The van der Waals surface area contributed by atoms with Crippen LogP contribution in [0.5, 0.6) is 0 Å². The van der Waals surface area contributed by atoms with Gasteiger partial charge >= 0.3 is 6.85 Å². The maximum absolute atomic E-state index is 2.83. The van der Waals surface area contributed by atoms with E-state index >= 15 is 0 Å². The van der Waals surface area contributed by atoms with E-state index in [2.05, 4.69) is 244 Å². The normalized spacial score (nSPS) is 16.8. The van der Waals surface area contributed by atoms with E-state index in [-0.39, 0.29) is 33.9 Å². The molecular weight excluding hydrogens is 932 g/mol. The van der Waals surface area contributed by atoms with E-state index < -0.39 is 0 Å². The number of rotatable bonds is 3. The standard InChI is InChI=1S/C69H65BN2S2/c1-65(2,3)41-26-29-43(30-27-41)72-61-46(31-32-50-58(61)49-37-52-53(39-51(49)69(50,11)12)68(9,10)35-34-67(52,7)8)59-60-55(38-48-44-22-16-18-24-56(44)73-63(48)59)71(62-45-23-17-19-25-57(45)74-64(62)70(60)72)54-33-28-42(66(4,5)6)36-47(54)40-20-14-13-15-21-40/h13-33,36-39H,34-35H2,1-12H3. The first-order chi connectivity index (χ1) is 35.2. The Morgan fingerprint density at radius 1 is 0.473 bits per heavy atom. The van der Waals surface area contributed by atoms with Gasteiger partial charge in [0.15, 0.2) is 0 Å². The molecule has 74 heavy (non-hydrogen) atoms. The number of benzene rings is 8. The lowest BCUT2D eigenvalue weighted by Crippen LogP contribution is -2.60. The van der Waals surface area contributed by atoms with Crippen LogP contribution < -0.4 is 20.0 Å². The molecule has 2 aliphatic carbocycles. The third-order valence-corrected chi connectivity index (χ3v) is 20.4. The van der Waals surface area contributed by atoms with Gasteiger partial charge in [0, 0.05) is 79.8 Å². The fourth-order valence-electron chi connectivity index (χ4n) is 13.7. The van der Waals surface area contributed by atoms with Gasteiger partial charge in [-0.05, 0) is 133 Å². The van der Waals surface area contributed by atoms with E-state index in [1.807, 2.05) is 22.7 Å². The van der Waals surface area contributed by atoms with E-state index in [1.54, 1.807) is 0 Å². The number of fused-ring (bicyclic) bond motifs is 15. The molecule has 2 nitrogen and oxygen atoms in total. The largest absolute Gasteiger partial charge is 0.375 e. The molecule has 0 unspecified atom stereocenters. The highest BCUT2D eigenvalue weighted by molar-refractivity contribution is 7.33. The molecule has 0 N–H and O–H groups in total. The Morgan fingerprint density at radius 2 is 1.09 bits per heavy atom. The second-order valence-corrected chi connectivity index (χ2v) is 28.1. The molecule has 10 aromatic rings. The SMILES string of the molecule is CC(C)(C)c1ccc(N2B3c4sc5ccccc5c4N(c4ccc(C(C)(C)C)cc4-c4ccccc4)c4cc5c(sc6ccccc65)c(c43)-c3ccc4c(c32)-c2cc3c(cc2C4(C)C)C(C)(C)CCC3(C)C)cc1. The maximum Gasteiger partial charge on any atom is 0.343 e. The first kappa shape index (κ1) is 46.2. The van der Waals surface area contributed by atoms with Crippen LogP contribution in [0, 0.1) is 0 Å². The number of anilines is 5. The minimum Gasteiger partial charge on any atom is -0.375 e. The fourth-order valence-corrected chi connectivity index (χ4v) is 16.2. The van der Waals surface area contributed by atoms with Gasteiger partial charge in [-0.1, -0.05) is 186 Å². The highest BCUT2D eigenvalue weighted by atomic mass is 32.1. The number of hydrogen-bond donors (Lipinski definition) is 0. The smallest absolute Gasteiger partial charge is 0.343 e. The average molecular weight is 997 g/mol. The van der Waals surface area contributed by atoms with Crippen LogP contribution in [0.3, 0.4) is 0 Å². The zero-order valence-electron chi connectivity index (χ0n) is 45.1. The Bertz CT molecular complexity index is 4020. The molecule has 0 amide bonds. The Hall–Kier alpha value is -6.40. The first-order valence-corrected chi connectivity index (χ1v) is 28.6. The lowest BCUT2D eigenvalue weighted by atomic mass is 9.46. The van der Waals surface area contributed by atoms with Crippen molar-refractivity contribution < 1.29 is 0 Å². The van der Waals surface area contributed by atoms with Crippen molar-refractivity contribution in [3.63, 3.8) is 0 Å². The van der Waals surface area contributed by atoms with Crippen LogP contribution in [-0.4, -0.2) is 6.85 Å².